The van der Waals surface area contributed by atoms with Crippen LogP contribution in [0.15, 0.2) is 55.2 Å². The van der Waals surface area contributed by atoms with E-state index < -0.39 is 0 Å². The van der Waals surface area contributed by atoms with Crippen molar-refractivity contribution in [3.05, 3.63) is 78.2 Å². The van der Waals surface area contributed by atoms with Crippen molar-refractivity contribution in [3.8, 4) is 0 Å². The van der Waals surface area contributed by atoms with Gasteiger partial charge in [-0.25, -0.2) is 4.98 Å². The van der Waals surface area contributed by atoms with E-state index in [1.807, 2.05) is 24.8 Å². The first-order valence-corrected chi connectivity index (χ1v) is 17.4. The predicted molar refractivity (Wildman–Crippen MR) is 192 cm³/mol. The van der Waals surface area contributed by atoms with Crippen molar-refractivity contribution in [2.75, 3.05) is 0 Å². The van der Waals surface area contributed by atoms with Crippen molar-refractivity contribution in [1.82, 2.24) is 53.3 Å². The van der Waals surface area contributed by atoms with Crippen LogP contribution in [0.2, 0.25) is 0 Å². The lowest BCUT2D eigenvalue weighted by atomic mass is 10.1. The van der Waals surface area contributed by atoms with Gasteiger partial charge in [-0.1, -0.05) is 0 Å². The summed E-state index contributed by atoms with van der Waals surface area (Å²) in [5.41, 5.74) is 5.13. The van der Waals surface area contributed by atoms with Gasteiger partial charge >= 0.3 is 0 Å². The van der Waals surface area contributed by atoms with E-state index in [2.05, 4.69) is 167 Å². The van der Waals surface area contributed by atoms with Gasteiger partial charge in [0.15, 0.2) is 0 Å². The summed E-state index contributed by atoms with van der Waals surface area (Å²) in [5, 5.41) is 8.47. The fourth-order valence-corrected chi connectivity index (χ4v) is 6.04. The van der Waals surface area contributed by atoms with Gasteiger partial charge in [0.1, 0.15) is 5.82 Å². The molecular weight excluding hydrogens is 598 g/mol. The van der Waals surface area contributed by atoms with Gasteiger partial charge in [-0.2, -0.15) is 10.2 Å². The molecule has 8 rings (SSSR count). The van der Waals surface area contributed by atoms with Gasteiger partial charge in [0.05, 0.1) is 44.6 Å². The van der Waals surface area contributed by atoms with Crippen LogP contribution < -0.4 is 0 Å². The maximum atomic E-state index is 4.28. The van der Waals surface area contributed by atoms with Crippen LogP contribution in [0.4, 0.5) is 0 Å². The monoisotopic (exact) mass is 660 g/mol. The molecule has 4 aliphatic heterocycles. The van der Waals surface area contributed by atoms with Crippen LogP contribution in [0.5, 0.6) is 0 Å². The van der Waals surface area contributed by atoms with E-state index >= 15 is 0 Å². The second-order valence-electron chi connectivity index (χ2n) is 17.5. The number of hydrogen-bond acceptors (Lipinski definition) is 7. The van der Waals surface area contributed by atoms with Gasteiger partial charge in [0.25, 0.3) is 0 Å². The molecule has 8 heterocycles. The minimum Gasteiger partial charge on any atom is -0.337 e. The highest BCUT2D eigenvalue weighted by molar-refractivity contribution is 5.11. The highest BCUT2D eigenvalue weighted by Crippen LogP contribution is 2.26. The standard InChI is InChI=1S/C10H16N2.3C9H15N3/c1-10(2,3)12-7-9-5-4-6-11(9)8-12;1-9(2,3)12-6-8-10-4-5-11(8)7-12;2*1-9(2,3)11-6-8-4-5-10-12(8)7-11/h4-6H,7-8H2,1-3H3;3*4-5H,6-7H2,1-3H3. The van der Waals surface area contributed by atoms with Gasteiger partial charge in [0.2, 0.25) is 0 Å². The molecule has 0 atom stereocenters. The lowest BCUT2D eigenvalue weighted by molar-refractivity contribution is 0.115. The van der Waals surface area contributed by atoms with Crippen molar-refractivity contribution >= 4 is 0 Å². The quantitative estimate of drug-likeness (QED) is 0.216. The topological polar surface area (TPSA) is 71.3 Å². The molecule has 4 aromatic rings. The van der Waals surface area contributed by atoms with Gasteiger partial charge in [-0.05, 0) is 107 Å². The third-order valence-electron chi connectivity index (χ3n) is 9.78. The normalized spacial score (nSPS) is 18.2. The molecule has 0 fully saturated rings. The van der Waals surface area contributed by atoms with Crippen LogP contribution >= 0.6 is 0 Å². The van der Waals surface area contributed by atoms with Crippen molar-refractivity contribution in [1.29, 1.82) is 0 Å². The van der Waals surface area contributed by atoms with E-state index in [0.29, 0.717) is 5.54 Å². The summed E-state index contributed by atoms with van der Waals surface area (Å²) in [5.74, 6) is 1.19. The zero-order chi connectivity index (χ0) is 35.1. The van der Waals surface area contributed by atoms with Crippen molar-refractivity contribution < 1.29 is 0 Å². The third-order valence-corrected chi connectivity index (χ3v) is 9.78. The molecule has 4 aliphatic rings. The Labute approximate surface area is 289 Å². The van der Waals surface area contributed by atoms with Crippen LogP contribution in [0, 0.1) is 0 Å². The molecule has 0 saturated heterocycles. The number of hydrogen-bond donors (Lipinski definition) is 0. The lowest BCUT2D eigenvalue weighted by Gasteiger charge is -2.30. The van der Waals surface area contributed by atoms with Crippen LogP contribution in [0.3, 0.4) is 0 Å². The molecule has 264 valence electrons. The van der Waals surface area contributed by atoms with E-state index in [1.54, 1.807) is 0 Å². The molecular formula is C37H61N11. The molecule has 0 N–H and O–H groups in total. The number of nitrogens with zero attached hydrogens (tertiary/aromatic N) is 11. The summed E-state index contributed by atoms with van der Waals surface area (Å²) >= 11 is 0. The second-order valence-corrected chi connectivity index (χ2v) is 17.5. The minimum atomic E-state index is 0.251. The molecule has 0 radical (unpaired) electrons. The molecule has 0 amide bonds. The first kappa shape index (κ1) is 36.0. The fourth-order valence-electron chi connectivity index (χ4n) is 6.04. The molecule has 0 aliphatic carbocycles. The SMILES string of the molecule is CC(C)(C)N1Cc2cccn2C1.CC(C)(C)N1Cc2ccnn2C1.CC(C)(C)N1Cc2ccnn2C1.CC(C)(C)N1Cc2nccn2C1. The summed E-state index contributed by atoms with van der Waals surface area (Å²) in [6, 6.07) is 8.50. The highest BCUT2D eigenvalue weighted by Gasteiger charge is 2.30. The van der Waals surface area contributed by atoms with E-state index in [-0.39, 0.29) is 16.6 Å². The lowest BCUT2D eigenvalue weighted by Crippen LogP contribution is -2.37. The van der Waals surface area contributed by atoms with Crippen LogP contribution in [-0.4, -0.2) is 75.4 Å². The summed E-state index contributed by atoms with van der Waals surface area (Å²) in [4.78, 5) is 14.0. The van der Waals surface area contributed by atoms with Gasteiger partial charge in [-0.15, -0.1) is 0 Å². The van der Waals surface area contributed by atoms with E-state index in [0.717, 1.165) is 52.9 Å². The largest absolute Gasteiger partial charge is 0.337 e. The van der Waals surface area contributed by atoms with Crippen molar-refractivity contribution in [2.45, 2.75) is 158 Å². The van der Waals surface area contributed by atoms with Crippen LogP contribution in [0.1, 0.15) is 106 Å². The van der Waals surface area contributed by atoms with Crippen LogP contribution in [-0.2, 0) is 52.9 Å². The maximum Gasteiger partial charge on any atom is 0.124 e. The molecule has 11 nitrogen and oxygen atoms in total. The van der Waals surface area contributed by atoms with E-state index in [1.165, 1.54) is 22.9 Å². The fraction of sp³-hybridized carbons (Fsp3) is 0.649. The number of rotatable bonds is 0. The molecule has 11 heteroatoms. The molecule has 0 spiro atoms. The van der Waals surface area contributed by atoms with Gasteiger partial charge in [0, 0.05) is 78.5 Å². The summed E-state index contributed by atoms with van der Waals surface area (Å²) in [7, 11) is 0. The average molecular weight is 660 g/mol. The van der Waals surface area contributed by atoms with Gasteiger partial charge in [-0.3, -0.25) is 29.0 Å². The summed E-state index contributed by atoms with van der Waals surface area (Å²) in [6.45, 7) is 35.0. The Bertz CT molecular complexity index is 1290. The minimum absolute atomic E-state index is 0.251. The molecule has 48 heavy (non-hydrogen) atoms. The summed E-state index contributed by atoms with van der Waals surface area (Å²) < 4.78 is 8.63. The first-order chi connectivity index (χ1) is 22.3. The Morgan fingerprint density at radius 1 is 0.458 bits per heavy atom. The zero-order valence-corrected chi connectivity index (χ0v) is 31.8. The predicted octanol–water partition coefficient (Wildman–Crippen LogP) is 6.42. The van der Waals surface area contributed by atoms with E-state index in [4.69, 9.17) is 0 Å². The number of aromatic nitrogens is 7. The number of imidazole rings is 1. The Morgan fingerprint density at radius 3 is 1.33 bits per heavy atom. The van der Waals surface area contributed by atoms with E-state index in [9.17, 15) is 0 Å². The Kier molecular flexibility index (Phi) is 10.2. The molecule has 4 aromatic heterocycles. The maximum absolute atomic E-state index is 4.28. The summed E-state index contributed by atoms with van der Waals surface area (Å²) in [6.07, 6.45) is 9.81. The highest BCUT2D eigenvalue weighted by atomic mass is 15.4. The first-order valence-electron chi connectivity index (χ1n) is 17.4. The smallest absolute Gasteiger partial charge is 0.124 e. The van der Waals surface area contributed by atoms with Crippen molar-refractivity contribution in [3.63, 3.8) is 0 Å². The second kappa shape index (κ2) is 13.6. The molecule has 0 bridgehead atoms. The third kappa shape index (κ3) is 8.66. The molecule has 0 saturated carbocycles. The number of fused-ring (bicyclic) bond motifs is 4. The zero-order valence-electron chi connectivity index (χ0n) is 31.8. The molecule has 0 aromatic carbocycles. The Morgan fingerprint density at radius 2 is 0.896 bits per heavy atom. The van der Waals surface area contributed by atoms with Crippen LogP contribution in [0.25, 0.3) is 0 Å². The Hall–Kier alpha value is -3.25. The molecule has 0 unspecified atom stereocenters. The Balaban J connectivity index is 0.000000125. The average Bonchev–Trinajstić information content (AvgIpc) is 3.78. The van der Waals surface area contributed by atoms with Crippen molar-refractivity contribution in [2.24, 2.45) is 0 Å². The van der Waals surface area contributed by atoms with Gasteiger partial charge < -0.3 is 9.13 Å².